The fraction of sp³-hybridized carbons (Fsp3) is 0.947. The van der Waals surface area contributed by atoms with Crippen LogP contribution in [0.3, 0.4) is 0 Å². The molecule has 24 heavy (non-hydrogen) atoms. The second kappa shape index (κ2) is 9.04. The van der Waals surface area contributed by atoms with E-state index in [9.17, 15) is 4.79 Å². The summed E-state index contributed by atoms with van der Waals surface area (Å²) in [6.45, 7) is 9.26. The van der Waals surface area contributed by atoms with E-state index in [2.05, 4.69) is 5.32 Å². The maximum absolute atomic E-state index is 12.1. The summed E-state index contributed by atoms with van der Waals surface area (Å²) in [6.07, 6.45) is 7.20. The monoisotopic (exact) mass is 340 g/mol. The summed E-state index contributed by atoms with van der Waals surface area (Å²) in [7, 11) is 2.04. The molecular weight excluding hydrogens is 304 g/mol. The topological polar surface area (TPSA) is 50.8 Å². The van der Waals surface area contributed by atoms with Crippen LogP contribution in [0.15, 0.2) is 0 Å². The predicted octanol–water partition coefficient (Wildman–Crippen LogP) is 3.43. The summed E-state index contributed by atoms with van der Waals surface area (Å²) < 4.78 is 11.6. The van der Waals surface area contributed by atoms with Gasteiger partial charge < -0.3 is 19.7 Å². The third kappa shape index (κ3) is 6.60. The molecule has 1 saturated heterocycles. The first kappa shape index (κ1) is 19.5. The van der Waals surface area contributed by atoms with E-state index in [4.69, 9.17) is 9.47 Å². The maximum Gasteiger partial charge on any atom is 0.410 e. The second-order valence-corrected chi connectivity index (χ2v) is 8.44. The standard InChI is InChI=1S/C19H36N2O3/c1-19(2,3)24-18(22)21-11-9-17(10-12-21)23-14-16-7-5-15(6-8-16)13-20-4/h15-17,20H,5-14H2,1-4H3. The predicted molar refractivity (Wildman–Crippen MR) is 96.2 cm³/mol. The molecule has 1 saturated carbocycles. The van der Waals surface area contributed by atoms with Crippen molar-refractivity contribution in [1.82, 2.24) is 10.2 Å². The van der Waals surface area contributed by atoms with Gasteiger partial charge in [-0.15, -0.1) is 0 Å². The summed E-state index contributed by atoms with van der Waals surface area (Å²) in [5.41, 5.74) is -0.420. The van der Waals surface area contributed by atoms with Crippen LogP contribution in [0.4, 0.5) is 4.79 Å². The van der Waals surface area contributed by atoms with Gasteiger partial charge in [-0.2, -0.15) is 0 Å². The Hall–Kier alpha value is -0.810. The van der Waals surface area contributed by atoms with Crippen molar-refractivity contribution in [3.05, 3.63) is 0 Å². The van der Waals surface area contributed by atoms with Gasteiger partial charge in [0.15, 0.2) is 0 Å². The Morgan fingerprint density at radius 2 is 1.62 bits per heavy atom. The number of nitrogens with zero attached hydrogens (tertiary/aromatic N) is 1. The number of hydrogen-bond acceptors (Lipinski definition) is 4. The highest BCUT2D eigenvalue weighted by atomic mass is 16.6. The highest BCUT2D eigenvalue weighted by Crippen LogP contribution is 2.29. The van der Waals surface area contributed by atoms with Crippen LogP contribution >= 0.6 is 0 Å². The van der Waals surface area contributed by atoms with Crippen LogP contribution in [0.5, 0.6) is 0 Å². The van der Waals surface area contributed by atoms with Crippen LogP contribution in [-0.4, -0.2) is 56.0 Å². The van der Waals surface area contributed by atoms with Gasteiger partial charge in [-0.25, -0.2) is 4.79 Å². The van der Waals surface area contributed by atoms with Crippen molar-refractivity contribution in [2.45, 2.75) is 71.0 Å². The van der Waals surface area contributed by atoms with Crippen molar-refractivity contribution in [3.63, 3.8) is 0 Å². The molecule has 0 aromatic heterocycles. The molecule has 2 rings (SSSR count). The van der Waals surface area contributed by atoms with E-state index in [1.807, 2.05) is 32.7 Å². The largest absolute Gasteiger partial charge is 0.444 e. The molecule has 2 aliphatic rings. The Bertz CT molecular complexity index is 379. The lowest BCUT2D eigenvalue weighted by Gasteiger charge is -2.34. The number of ether oxygens (including phenoxy) is 2. The molecule has 1 N–H and O–H groups in total. The molecule has 140 valence electrons. The Balaban J connectivity index is 1.61. The number of hydrogen-bond donors (Lipinski definition) is 1. The molecule has 1 aliphatic carbocycles. The maximum atomic E-state index is 12.1. The fourth-order valence-electron chi connectivity index (χ4n) is 3.69. The molecule has 1 heterocycles. The normalized spacial score (nSPS) is 26.4. The first-order valence-corrected chi connectivity index (χ1v) is 9.61. The quantitative estimate of drug-likeness (QED) is 0.833. The fourth-order valence-corrected chi connectivity index (χ4v) is 3.69. The molecule has 1 amide bonds. The number of carbonyl (C=O) groups is 1. The molecule has 0 radical (unpaired) electrons. The van der Waals surface area contributed by atoms with Gasteiger partial charge in [0.05, 0.1) is 6.10 Å². The summed E-state index contributed by atoms with van der Waals surface area (Å²) in [5, 5.41) is 3.29. The first-order chi connectivity index (χ1) is 11.4. The van der Waals surface area contributed by atoms with Gasteiger partial charge in [0.25, 0.3) is 0 Å². The third-order valence-electron chi connectivity index (χ3n) is 5.12. The summed E-state index contributed by atoms with van der Waals surface area (Å²) in [6, 6.07) is 0. The number of carbonyl (C=O) groups excluding carboxylic acids is 1. The number of likely N-dealkylation sites (tertiary alicyclic amines) is 1. The molecule has 0 atom stereocenters. The number of nitrogens with one attached hydrogen (secondary N) is 1. The average molecular weight is 341 g/mol. The van der Waals surface area contributed by atoms with Gasteiger partial charge in [0.1, 0.15) is 5.60 Å². The van der Waals surface area contributed by atoms with E-state index in [1.165, 1.54) is 25.7 Å². The number of piperidine rings is 1. The summed E-state index contributed by atoms with van der Waals surface area (Å²) in [5.74, 6) is 1.57. The van der Waals surface area contributed by atoms with Crippen LogP contribution in [0, 0.1) is 11.8 Å². The van der Waals surface area contributed by atoms with E-state index in [-0.39, 0.29) is 6.09 Å². The molecule has 5 nitrogen and oxygen atoms in total. The van der Waals surface area contributed by atoms with Crippen molar-refractivity contribution in [1.29, 1.82) is 0 Å². The molecular formula is C19H36N2O3. The lowest BCUT2D eigenvalue weighted by molar-refractivity contribution is -0.0257. The van der Waals surface area contributed by atoms with E-state index >= 15 is 0 Å². The Morgan fingerprint density at radius 1 is 1.04 bits per heavy atom. The van der Waals surface area contributed by atoms with Gasteiger partial charge in [0.2, 0.25) is 0 Å². The zero-order chi connectivity index (χ0) is 17.6. The SMILES string of the molecule is CNCC1CCC(COC2CCN(C(=O)OC(C)(C)C)CC2)CC1. The molecule has 0 aromatic carbocycles. The minimum atomic E-state index is -0.420. The third-order valence-corrected chi connectivity index (χ3v) is 5.12. The van der Waals surface area contributed by atoms with Crippen LogP contribution in [-0.2, 0) is 9.47 Å². The lowest BCUT2D eigenvalue weighted by Crippen LogP contribution is -2.43. The first-order valence-electron chi connectivity index (χ1n) is 9.61. The molecule has 0 unspecified atom stereocenters. The van der Waals surface area contributed by atoms with E-state index < -0.39 is 5.60 Å². The van der Waals surface area contributed by atoms with E-state index in [1.54, 1.807) is 0 Å². The Morgan fingerprint density at radius 3 is 2.17 bits per heavy atom. The highest BCUT2D eigenvalue weighted by molar-refractivity contribution is 5.68. The van der Waals surface area contributed by atoms with Crippen molar-refractivity contribution >= 4 is 6.09 Å². The van der Waals surface area contributed by atoms with Crippen molar-refractivity contribution in [2.75, 3.05) is 33.3 Å². The van der Waals surface area contributed by atoms with Crippen LogP contribution in [0.1, 0.15) is 59.3 Å². The molecule has 2 fully saturated rings. The molecule has 5 heteroatoms. The van der Waals surface area contributed by atoms with Crippen molar-refractivity contribution in [2.24, 2.45) is 11.8 Å². The lowest BCUT2D eigenvalue weighted by atomic mass is 9.82. The Kier molecular flexibility index (Phi) is 7.35. The molecule has 0 aromatic rings. The second-order valence-electron chi connectivity index (χ2n) is 8.44. The summed E-state index contributed by atoms with van der Waals surface area (Å²) >= 11 is 0. The van der Waals surface area contributed by atoms with E-state index in [0.717, 1.165) is 50.9 Å². The van der Waals surface area contributed by atoms with Crippen LogP contribution < -0.4 is 5.32 Å². The van der Waals surface area contributed by atoms with Gasteiger partial charge in [0, 0.05) is 19.7 Å². The smallest absolute Gasteiger partial charge is 0.410 e. The van der Waals surface area contributed by atoms with Crippen LogP contribution in [0.2, 0.25) is 0 Å². The molecule has 0 spiro atoms. The zero-order valence-electron chi connectivity index (χ0n) is 16.0. The minimum absolute atomic E-state index is 0.191. The molecule has 1 aliphatic heterocycles. The van der Waals surface area contributed by atoms with Gasteiger partial charge >= 0.3 is 6.09 Å². The van der Waals surface area contributed by atoms with Gasteiger partial charge in [-0.1, -0.05) is 0 Å². The Labute approximate surface area is 147 Å². The highest BCUT2D eigenvalue weighted by Gasteiger charge is 2.28. The zero-order valence-corrected chi connectivity index (χ0v) is 16.0. The number of rotatable bonds is 5. The van der Waals surface area contributed by atoms with Gasteiger partial charge in [-0.3, -0.25) is 0 Å². The van der Waals surface area contributed by atoms with Crippen LogP contribution in [0.25, 0.3) is 0 Å². The summed E-state index contributed by atoms with van der Waals surface area (Å²) in [4.78, 5) is 13.9. The van der Waals surface area contributed by atoms with E-state index in [0.29, 0.717) is 6.10 Å². The minimum Gasteiger partial charge on any atom is -0.444 e. The molecule has 0 bridgehead atoms. The van der Waals surface area contributed by atoms with Crippen molar-refractivity contribution < 1.29 is 14.3 Å². The average Bonchev–Trinajstić information content (AvgIpc) is 2.53. The van der Waals surface area contributed by atoms with Crippen molar-refractivity contribution in [3.8, 4) is 0 Å². The van der Waals surface area contributed by atoms with Gasteiger partial charge in [-0.05, 0) is 84.7 Å². The number of amides is 1.